The van der Waals surface area contributed by atoms with Crippen LogP contribution < -0.4 is 9.64 Å². The van der Waals surface area contributed by atoms with E-state index < -0.39 is 6.61 Å². The zero-order chi connectivity index (χ0) is 19.4. The standard InChI is InChI=1S/C19H22F2N4O2/c1-24(8-9-26)14-4-6-25(7-5-14)18-13(11-22)12-23-17-3-2-15(10-16(17)18)27-19(20)21/h2-3,10,12,14,19,26H,4-9H2,1H3. The lowest BCUT2D eigenvalue weighted by atomic mass is 10.0. The normalized spacial score (nSPS) is 15.5. The first kappa shape index (κ1) is 19.3. The Morgan fingerprint density at radius 1 is 1.41 bits per heavy atom. The molecule has 1 aromatic heterocycles. The Kier molecular flexibility index (Phi) is 6.04. The van der Waals surface area contributed by atoms with E-state index in [4.69, 9.17) is 5.11 Å². The number of hydrogen-bond acceptors (Lipinski definition) is 6. The zero-order valence-electron chi connectivity index (χ0n) is 15.1. The number of aliphatic hydroxyl groups excluding tert-OH is 1. The summed E-state index contributed by atoms with van der Waals surface area (Å²) in [5, 5.41) is 19.3. The Labute approximate surface area is 156 Å². The molecule has 0 aliphatic carbocycles. The van der Waals surface area contributed by atoms with Gasteiger partial charge in [0.05, 0.1) is 23.4 Å². The van der Waals surface area contributed by atoms with Gasteiger partial charge in [0.25, 0.3) is 0 Å². The number of aliphatic hydroxyl groups is 1. The van der Waals surface area contributed by atoms with Gasteiger partial charge in [0, 0.05) is 37.3 Å². The second-order valence-corrected chi connectivity index (χ2v) is 6.61. The van der Waals surface area contributed by atoms with Crippen molar-refractivity contribution < 1.29 is 18.6 Å². The molecule has 0 bridgehead atoms. The Hall–Kier alpha value is -2.50. The van der Waals surface area contributed by atoms with E-state index in [9.17, 15) is 14.0 Å². The van der Waals surface area contributed by atoms with Crippen molar-refractivity contribution in [1.82, 2.24) is 9.88 Å². The topological polar surface area (TPSA) is 72.6 Å². The first-order chi connectivity index (χ1) is 13.0. The van der Waals surface area contributed by atoms with E-state index in [2.05, 4.69) is 25.6 Å². The van der Waals surface area contributed by atoms with E-state index in [1.54, 1.807) is 6.07 Å². The number of benzene rings is 1. The largest absolute Gasteiger partial charge is 0.435 e. The molecular weight excluding hydrogens is 354 g/mol. The summed E-state index contributed by atoms with van der Waals surface area (Å²) in [4.78, 5) is 8.52. The molecule has 1 saturated heterocycles. The van der Waals surface area contributed by atoms with Gasteiger partial charge >= 0.3 is 6.61 Å². The molecule has 1 aromatic carbocycles. The maximum Gasteiger partial charge on any atom is 0.387 e. The van der Waals surface area contributed by atoms with Crippen LogP contribution in [0.5, 0.6) is 5.75 Å². The minimum Gasteiger partial charge on any atom is -0.435 e. The molecule has 27 heavy (non-hydrogen) atoms. The highest BCUT2D eigenvalue weighted by Gasteiger charge is 2.25. The molecule has 0 radical (unpaired) electrons. The van der Waals surface area contributed by atoms with Gasteiger partial charge in [0.1, 0.15) is 11.8 Å². The summed E-state index contributed by atoms with van der Waals surface area (Å²) in [6, 6.07) is 7.13. The van der Waals surface area contributed by atoms with Gasteiger partial charge in [-0.25, -0.2) is 0 Å². The molecule has 6 nitrogen and oxygen atoms in total. The zero-order valence-corrected chi connectivity index (χ0v) is 15.1. The van der Waals surface area contributed by atoms with Crippen LogP contribution in [0.3, 0.4) is 0 Å². The number of alkyl halides is 2. The summed E-state index contributed by atoms with van der Waals surface area (Å²) in [6.45, 7) is -0.698. The number of piperidine rings is 1. The highest BCUT2D eigenvalue weighted by Crippen LogP contribution is 2.34. The number of likely N-dealkylation sites (N-methyl/N-ethyl adjacent to an activating group) is 1. The summed E-state index contributed by atoms with van der Waals surface area (Å²) in [7, 11) is 1.99. The molecule has 1 aliphatic rings. The third kappa shape index (κ3) is 4.26. The summed E-state index contributed by atoms with van der Waals surface area (Å²) < 4.78 is 29.7. The van der Waals surface area contributed by atoms with E-state index in [1.807, 2.05) is 7.05 Å². The van der Waals surface area contributed by atoms with Crippen molar-refractivity contribution in [2.45, 2.75) is 25.5 Å². The van der Waals surface area contributed by atoms with Crippen LogP contribution in [0, 0.1) is 11.3 Å². The fourth-order valence-corrected chi connectivity index (χ4v) is 3.63. The van der Waals surface area contributed by atoms with Gasteiger partial charge < -0.3 is 19.6 Å². The molecule has 0 unspecified atom stereocenters. The molecular formula is C19H22F2N4O2. The average Bonchev–Trinajstić information content (AvgIpc) is 2.67. The molecule has 2 aromatic rings. The third-order valence-electron chi connectivity index (χ3n) is 5.01. The summed E-state index contributed by atoms with van der Waals surface area (Å²) in [5.74, 6) is 0.0493. The van der Waals surface area contributed by atoms with Gasteiger partial charge in [-0.15, -0.1) is 0 Å². The van der Waals surface area contributed by atoms with Crippen molar-refractivity contribution in [1.29, 1.82) is 5.26 Å². The lowest BCUT2D eigenvalue weighted by Gasteiger charge is -2.38. The van der Waals surface area contributed by atoms with Gasteiger partial charge in [0.15, 0.2) is 0 Å². The summed E-state index contributed by atoms with van der Waals surface area (Å²) >= 11 is 0. The maximum atomic E-state index is 12.6. The highest BCUT2D eigenvalue weighted by atomic mass is 19.3. The van der Waals surface area contributed by atoms with E-state index in [1.165, 1.54) is 18.3 Å². The lowest BCUT2D eigenvalue weighted by Crippen LogP contribution is -2.44. The predicted molar refractivity (Wildman–Crippen MR) is 98.0 cm³/mol. The first-order valence-corrected chi connectivity index (χ1v) is 8.87. The number of halogens is 2. The van der Waals surface area contributed by atoms with E-state index in [0.29, 0.717) is 34.7 Å². The van der Waals surface area contributed by atoms with E-state index >= 15 is 0 Å². The second-order valence-electron chi connectivity index (χ2n) is 6.61. The highest BCUT2D eigenvalue weighted by molar-refractivity contribution is 5.95. The smallest absolute Gasteiger partial charge is 0.387 e. The quantitative estimate of drug-likeness (QED) is 0.836. The van der Waals surface area contributed by atoms with Crippen LogP contribution in [0.25, 0.3) is 10.9 Å². The van der Waals surface area contributed by atoms with Crippen LogP contribution in [0.15, 0.2) is 24.4 Å². The number of rotatable bonds is 6. The lowest BCUT2D eigenvalue weighted by molar-refractivity contribution is -0.0497. The molecule has 0 amide bonds. The number of anilines is 1. The average molecular weight is 376 g/mol. The molecule has 0 atom stereocenters. The van der Waals surface area contributed by atoms with Gasteiger partial charge in [-0.05, 0) is 38.1 Å². The van der Waals surface area contributed by atoms with Crippen LogP contribution in [0.2, 0.25) is 0 Å². The van der Waals surface area contributed by atoms with Gasteiger partial charge in [-0.2, -0.15) is 14.0 Å². The molecule has 1 N–H and O–H groups in total. The van der Waals surface area contributed by atoms with Gasteiger partial charge in [-0.3, -0.25) is 4.98 Å². The molecule has 0 saturated carbocycles. The molecule has 1 aliphatic heterocycles. The molecule has 8 heteroatoms. The molecule has 3 rings (SSSR count). The number of aromatic nitrogens is 1. The fourth-order valence-electron chi connectivity index (χ4n) is 3.63. The Balaban J connectivity index is 1.92. The van der Waals surface area contributed by atoms with Crippen molar-refractivity contribution in [2.75, 3.05) is 38.2 Å². The minimum atomic E-state index is -2.91. The van der Waals surface area contributed by atoms with Gasteiger partial charge in [0.2, 0.25) is 0 Å². The molecule has 1 fully saturated rings. The Morgan fingerprint density at radius 3 is 2.78 bits per heavy atom. The third-order valence-corrected chi connectivity index (χ3v) is 5.01. The Morgan fingerprint density at radius 2 is 2.15 bits per heavy atom. The number of nitrogens with zero attached hydrogens (tertiary/aromatic N) is 4. The maximum absolute atomic E-state index is 12.6. The van der Waals surface area contributed by atoms with Crippen LogP contribution >= 0.6 is 0 Å². The van der Waals surface area contributed by atoms with Crippen LogP contribution in [0.1, 0.15) is 18.4 Å². The number of nitriles is 1. The second kappa shape index (κ2) is 8.46. The van der Waals surface area contributed by atoms with E-state index in [-0.39, 0.29) is 12.4 Å². The SMILES string of the molecule is CN(CCO)C1CCN(c2c(C#N)cnc3ccc(OC(F)F)cc23)CC1. The molecule has 0 spiro atoms. The van der Waals surface area contributed by atoms with Crippen molar-refractivity contribution in [3.63, 3.8) is 0 Å². The summed E-state index contributed by atoms with van der Waals surface area (Å²) in [6.07, 6.45) is 3.30. The monoisotopic (exact) mass is 376 g/mol. The number of ether oxygens (including phenoxy) is 1. The number of fused-ring (bicyclic) bond motifs is 1. The van der Waals surface area contributed by atoms with E-state index in [0.717, 1.165) is 25.9 Å². The van der Waals surface area contributed by atoms with Crippen molar-refractivity contribution >= 4 is 16.6 Å². The Bertz CT molecular complexity index is 832. The first-order valence-electron chi connectivity index (χ1n) is 8.87. The fraction of sp³-hybridized carbons (Fsp3) is 0.474. The summed E-state index contributed by atoms with van der Waals surface area (Å²) in [5.41, 5.74) is 1.76. The van der Waals surface area contributed by atoms with Crippen molar-refractivity contribution in [3.8, 4) is 11.8 Å². The molecule has 2 heterocycles. The van der Waals surface area contributed by atoms with Gasteiger partial charge in [-0.1, -0.05) is 0 Å². The van der Waals surface area contributed by atoms with Crippen LogP contribution in [-0.2, 0) is 0 Å². The van der Waals surface area contributed by atoms with Crippen LogP contribution in [-0.4, -0.2) is 60.9 Å². The number of pyridine rings is 1. The van der Waals surface area contributed by atoms with Crippen molar-refractivity contribution in [2.24, 2.45) is 0 Å². The number of hydrogen-bond donors (Lipinski definition) is 1. The molecule has 144 valence electrons. The van der Waals surface area contributed by atoms with Crippen molar-refractivity contribution in [3.05, 3.63) is 30.0 Å². The van der Waals surface area contributed by atoms with Crippen LogP contribution in [0.4, 0.5) is 14.5 Å². The predicted octanol–water partition coefficient (Wildman–Crippen LogP) is 2.60. The minimum absolute atomic E-state index is 0.0493.